The van der Waals surface area contributed by atoms with Gasteiger partial charge in [0.25, 0.3) is 0 Å². The van der Waals surface area contributed by atoms with Crippen molar-refractivity contribution in [3.8, 4) is 0 Å². The summed E-state index contributed by atoms with van der Waals surface area (Å²) in [5.74, 6) is 0.974. The molecule has 1 amide bonds. The van der Waals surface area contributed by atoms with Gasteiger partial charge in [-0.05, 0) is 38.5 Å². The number of alkyl halides is 1. The Balaban J connectivity index is 1.81. The Kier molecular flexibility index (Phi) is 4.69. The molecule has 3 nitrogen and oxygen atoms in total. The van der Waals surface area contributed by atoms with Crippen LogP contribution in [-0.2, 0) is 9.53 Å². The molecule has 17 heavy (non-hydrogen) atoms. The van der Waals surface area contributed by atoms with Gasteiger partial charge in [0.1, 0.15) is 0 Å². The number of hydrogen-bond donors (Lipinski definition) is 0. The maximum atomic E-state index is 12.2. The van der Waals surface area contributed by atoms with Gasteiger partial charge in [-0.2, -0.15) is 0 Å². The summed E-state index contributed by atoms with van der Waals surface area (Å²) in [4.78, 5) is 14.3. The van der Waals surface area contributed by atoms with Crippen molar-refractivity contribution in [3.05, 3.63) is 0 Å². The summed E-state index contributed by atoms with van der Waals surface area (Å²) in [6.45, 7) is 5.23. The van der Waals surface area contributed by atoms with E-state index >= 15 is 0 Å². The number of carbonyl (C=O) groups is 1. The van der Waals surface area contributed by atoms with Gasteiger partial charge in [-0.1, -0.05) is 0 Å². The van der Waals surface area contributed by atoms with Crippen LogP contribution in [0.3, 0.4) is 0 Å². The summed E-state index contributed by atoms with van der Waals surface area (Å²) < 4.78 is 5.38. The number of hydrogen-bond acceptors (Lipinski definition) is 2. The molecule has 2 aliphatic heterocycles. The molecule has 2 heterocycles. The summed E-state index contributed by atoms with van der Waals surface area (Å²) >= 11 is 6.11. The molecule has 4 heteroatoms. The molecule has 2 saturated heterocycles. The summed E-state index contributed by atoms with van der Waals surface area (Å²) in [6.07, 6.45) is 4.10. The molecule has 0 spiro atoms. The van der Waals surface area contributed by atoms with E-state index in [2.05, 4.69) is 6.92 Å². The largest absolute Gasteiger partial charge is 0.381 e. The van der Waals surface area contributed by atoms with Crippen molar-refractivity contribution in [3.63, 3.8) is 0 Å². The molecule has 2 rings (SSSR count). The third kappa shape index (κ3) is 3.35. The summed E-state index contributed by atoms with van der Waals surface area (Å²) in [6, 6.07) is 0. The summed E-state index contributed by atoms with van der Waals surface area (Å²) in [7, 11) is 0. The number of halogens is 1. The highest BCUT2D eigenvalue weighted by Gasteiger charge is 2.30. The zero-order valence-corrected chi connectivity index (χ0v) is 11.3. The highest BCUT2D eigenvalue weighted by Crippen LogP contribution is 2.26. The van der Waals surface area contributed by atoms with Crippen LogP contribution in [0.25, 0.3) is 0 Å². The molecular weight excluding hydrogens is 238 g/mol. The van der Waals surface area contributed by atoms with Gasteiger partial charge in [-0.3, -0.25) is 4.79 Å². The Morgan fingerprint density at radius 2 is 2.06 bits per heavy atom. The smallest absolute Gasteiger partial charge is 0.228 e. The summed E-state index contributed by atoms with van der Waals surface area (Å²) in [5.41, 5.74) is 0. The average Bonchev–Trinajstić information content (AvgIpc) is 2.39. The molecule has 2 unspecified atom stereocenters. The fraction of sp³-hybridized carbons (Fsp3) is 0.923. The lowest BCUT2D eigenvalue weighted by atomic mass is 9.92. The van der Waals surface area contributed by atoms with E-state index in [4.69, 9.17) is 16.3 Å². The van der Waals surface area contributed by atoms with Crippen LogP contribution in [0.4, 0.5) is 0 Å². The van der Waals surface area contributed by atoms with Gasteiger partial charge >= 0.3 is 0 Å². The van der Waals surface area contributed by atoms with Crippen LogP contribution in [-0.4, -0.2) is 42.5 Å². The van der Waals surface area contributed by atoms with Gasteiger partial charge in [0.15, 0.2) is 0 Å². The predicted octanol–water partition coefficient (Wildman–Crippen LogP) is 2.28. The van der Waals surface area contributed by atoms with E-state index in [1.165, 1.54) is 0 Å². The molecule has 0 aromatic carbocycles. The first-order valence-electron chi connectivity index (χ1n) is 6.69. The van der Waals surface area contributed by atoms with Crippen LogP contribution in [0.1, 0.15) is 32.6 Å². The Labute approximate surface area is 108 Å². The molecule has 0 radical (unpaired) electrons. The molecular formula is C13H22ClNO2. The number of rotatable bonds is 2. The maximum Gasteiger partial charge on any atom is 0.228 e. The van der Waals surface area contributed by atoms with Crippen molar-refractivity contribution in [2.24, 2.45) is 11.8 Å². The van der Waals surface area contributed by atoms with Gasteiger partial charge in [0.05, 0.1) is 12.5 Å². The molecule has 2 fully saturated rings. The molecule has 0 aromatic rings. The van der Waals surface area contributed by atoms with E-state index in [-0.39, 0.29) is 11.3 Å². The molecule has 0 aliphatic carbocycles. The number of ether oxygens (including phenoxy) is 1. The molecule has 2 atom stereocenters. The van der Waals surface area contributed by atoms with Crippen LogP contribution < -0.4 is 0 Å². The minimum absolute atomic E-state index is 0.105. The highest BCUT2D eigenvalue weighted by atomic mass is 35.5. The zero-order chi connectivity index (χ0) is 12.3. The quantitative estimate of drug-likeness (QED) is 0.712. The van der Waals surface area contributed by atoms with Crippen LogP contribution in [0.5, 0.6) is 0 Å². The van der Waals surface area contributed by atoms with Crippen LogP contribution in [0, 0.1) is 11.8 Å². The number of nitrogens with zero attached hydrogens (tertiary/aromatic N) is 1. The van der Waals surface area contributed by atoms with E-state index < -0.39 is 0 Å². The van der Waals surface area contributed by atoms with Gasteiger partial charge in [-0.15, -0.1) is 11.6 Å². The Morgan fingerprint density at radius 1 is 1.35 bits per heavy atom. The van der Waals surface area contributed by atoms with Crippen molar-refractivity contribution in [1.29, 1.82) is 0 Å². The lowest BCUT2D eigenvalue weighted by molar-refractivity contribution is -0.141. The number of piperidine rings is 1. The monoisotopic (exact) mass is 259 g/mol. The SMILES string of the molecule is CC(Cl)C1CCN(C(=O)C2CCCOC2)CC1. The normalized spacial score (nSPS) is 29.1. The Morgan fingerprint density at radius 3 is 2.59 bits per heavy atom. The predicted molar refractivity (Wildman–Crippen MR) is 68.2 cm³/mol. The fourth-order valence-electron chi connectivity index (χ4n) is 2.77. The van der Waals surface area contributed by atoms with Crippen molar-refractivity contribution >= 4 is 17.5 Å². The Hall–Kier alpha value is -0.280. The second-order valence-corrected chi connectivity index (χ2v) is 5.94. The van der Waals surface area contributed by atoms with Gasteiger partial charge in [0, 0.05) is 25.1 Å². The number of amides is 1. The van der Waals surface area contributed by atoms with E-state index in [1.54, 1.807) is 0 Å². The van der Waals surface area contributed by atoms with E-state index in [1.807, 2.05) is 4.90 Å². The summed E-state index contributed by atoms with van der Waals surface area (Å²) in [5, 5.41) is 0.227. The molecule has 0 N–H and O–H groups in total. The number of carbonyl (C=O) groups excluding carboxylic acids is 1. The van der Waals surface area contributed by atoms with Crippen molar-refractivity contribution in [2.45, 2.75) is 38.0 Å². The van der Waals surface area contributed by atoms with Gasteiger partial charge in [-0.25, -0.2) is 0 Å². The fourth-order valence-corrected chi connectivity index (χ4v) is 3.02. The van der Waals surface area contributed by atoms with Crippen LogP contribution in [0.15, 0.2) is 0 Å². The number of likely N-dealkylation sites (tertiary alicyclic amines) is 1. The topological polar surface area (TPSA) is 29.5 Å². The molecule has 98 valence electrons. The van der Waals surface area contributed by atoms with Crippen molar-refractivity contribution in [2.75, 3.05) is 26.3 Å². The third-order valence-corrected chi connectivity index (χ3v) is 4.37. The van der Waals surface area contributed by atoms with Crippen molar-refractivity contribution < 1.29 is 9.53 Å². The molecule has 0 bridgehead atoms. The van der Waals surface area contributed by atoms with Crippen molar-refractivity contribution in [1.82, 2.24) is 4.90 Å². The van der Waals surface area contributed by atoms with Crippen LogP contribution >= 0.6 is 11.6 Å². The standard InChI is InChI=1S/C13H22ClNO2/c1-10(14)11-4-6-15(7-5-11)13(16)12-3-2-8-17-9-12/h10-12H,2-9H2,1H3. The Bertz CT molecular complexity index is 256. The van der Waals surface area contributed by atoms with E-state index in [0.29, 0.717) is 18.4 Å². The van der Waals surface area contributed by atoms with E-state index in [0.717, 1.165) is 45.4 Å². The lowest BCUT2D eigenvalue weighted by Gasteiger charge is -2.35. The first kappa shape index (κ1) is 13.2. The highest BCUT2D eigenvalue weighted by molar-refractivity contribution is 6.20. The second-order valence-electron chi connectivity index (χ2n) is 5.25. The lowest BCUT2D eigenvalue weighted by Crippen LogP contribution is -2.44. The minimum Gasteiger partial charge on any atom is -0.381 e. The molecule has 0 aromatic heterocycles. The first-order chi connectivity index (χ1) is 8.18. The van der Waals surface area contributed by atoms with E-state index in [9.17, 15) is 4.79 Å². The second kappa shape index (κ2) is 6.05. The molecule has 2 aliphatic rings. The zero-order valence-electron chi connectivity index (χ0n) is 10.5. The maximum absolute atomic E-state index is 12.2. The van der Waals surface area contributed by atoms with Gasteiger partial charge in [0.2, 0.25) is 5.91 Å². The molecule has 0 saturated carbocycles. The first-order valence-corrected chi connectivity index (χ1v) is 7.12. The average molecular weight is 260 g/mol. The van der Waals surface area contributed by atoms with Crippen LogP contribution in [0.2, 0.25) is 0 Å². The minimum atomic E-state index is 0.105. The van der Waals surface area contributed by atoms with Gasteiger partial charge < -0.3 is 9.64 Å². The third-order valence-electron chi connectivity index (χ3n) is 4.01.